The van der Waals surface area contributed by atoms with Crippen molar-refractivity contribution in [1.82, 2.24) is 19.9 Å². The van der Waals surface area contributed by atoms with E-state index in [9.17, 15) is 8.42 Å². The minimum atomic E-state index is -3.43. The summed E-state index contributed by atoms with van der Waals surface area (Å²) in [4.78, 5) is 10.7. The van der Waals surface area contributed by atoms with E-state index >= 15 is 0 Å². The zero-order valence-electron chi connectivity index (χ0n) is 17.9. The Hall–Kier alpha value is -1.97. The summed E-state index contributed by atoms with van der Waals surface area (Å²) in [6.07, 6.45) is 2.96. The molecule has 7 nitrogen and oxygen atoms in total. The van der Waals surface area contributed by atoms with Gasteiger partial charge in [0.15, 0.2) is 5.96 Å². The van der Waals surface area contributed by atoms with Gasteiger partial charge in [-0.15, -0.1) is 11.3 Å². The highest BCUT2D eigenvalue weighted by atomic mass is 32.2. The van der Waals surface area contributed by atoms with Crippen molar-refractivity contribution in [1.29, 1.82) is 0 Å². The fraction of sp³-hybridized carbons (Fsp3) is 0.524. The Balaban J connectivity index is 1.68. The molecule has 0 radical (unpaired) electrons. The highest BCUT2D eigenvalue weighted by Crippen LogP contribution is 2.21. The van der Waals surface area contributed by atoms with Crippen LogP contribution in [0.3, 0.4) is 0 Å². The molecule has 1 aliphatic rings. The van der Waals surface area contributed by atoms with Gasteiger partial charge in [0.1, 0.15) is 5.01 Å². The van der Waals surface area contributed by atoms with Gasteiger partial charge in [-0.25, -0.2) is 18.4 Å². The van der Waals surface area contributed by atoms with Crippen molar-refractivity contribution in [3.8, 4) is 0 Å². The van der Waals surface area contributed by atoms with E-state index in [2.05, 4.69) is 27.5 Å². The Bertz CT molecular complexity index is 960. The molecule has 30 heavy (non-hydrogen) atoms. The van der Waals surface area contributed by atoms with Gasteiger partial charge < -0.3 is 10.6 Å². The van der Waals surface area contributed by atoms with Gasteiger partial charge in [-0.05, 0) is 51.3 Å². The molecular weight excluding hydrogens is 418 g/mol. The Morgan fingerprint density at radius 3 is 2.63 bits per heavy atom. The van der Waals surface area contributed by atoms with Crippen LogP contribution in [-0.2, 0) is 23.1 Å². The van der Waals surface area contributed by atoms with Crippen LogP contribution in [0.2, 0.25) is 0 Å². The Morgan fingerprint density at radius 2 is 1.97 bits per heavy atom. The summed E-state index contributed by atoms with van der Waals surface area (Å²) >= 11 is 1.68. The lowest BCUT2D eigenvalue weighted by atomic mass is 10.2. The molecule has 2 heterocycles. The van der Waals surface area contributed by atoms with Gasteiger partial charge in [0.25, 0.3) is 0 Å². The molecule has 0 saturated carbocycles. The van der Waals surface area contributed by atoms with Crippen molar-refractivity contribution in [2.45, 2.75) is 58.0 Å². The number of hydrogen-bond donors (Lipinski definition) is 2. The lowest BCUT2D eigenvalue weighted by molar-refractivity contribution is 0.346. The van der Waals surface area contributed by atoms with Crippen molar-refractivity contribution >= 4 is 27.3 Å². The molecule has 0 atom stereocenters. The molecule has 1 saturated heterocycles. The van der Waals surface area contributed by atoms with E-state index < -0.39 is 10.0 Å². The van der Waals surface area contributed by atoms with Crippen LogP contribution >= 0.6 is 11.3 Å². The van der Waals surface area contributed by atoms with Crippen molar-refractivity contribution in [3.63, 3.8) is 0 Å². The Labute approximate surface area is 183 Å². The average molecular weight is 450 g/mol. The van der Waals surface area contributed by atoms with Crippen LogP contribution in [-0.4, -0.2) is 43.3 Å². The number of aryl methyl sites for hydroxylation is 2. The number of thiazole rings is 1. The average Bonchev–Trinajstić information content (AvgIpc) is 3.08. The number of sulfonamides is 1. The fourth-order valence-electron chi connectivity index (χ4n) is 3.34. The smallest absolute Gasteiger partial charge is 0.243 e. The van der Waals surface area contributed by atoms with E-state index in [1.165, 1.54) is 4.88 Å². The normalized spacial score (nSPS) is 15.9. The molecule has 1 aromatic carbocycles. The predicted molar refractivity (Wildman–Crippen MR) is 122 cm³/mol. The number of piperidine rings is 1. The second-order valence-corrected chi connectivity index (χ2v) is 10.6. The maximum absolute atomic E-state index is 12.9. The van der Waals surface area contributed by atoms with Crippen molar-refractivity contribution in [2.24, 2.45) is 4.99 Å². The number of guanidine groups is 1. The summed E-state index contributed by atoms with van der Waals surface area (Å²) < 4.78 is 27.5. The maximum atomic E-state index is 12.9. The molecule has 1 aliphatic heterocycles. The van der Waals surface area contributed by atoms with E-state index in [1.807, 2.05) is 19.9 Å². The number of benzene rings is 1. The number of rotatable bonds is 7. The monoisotopic (exact) mass is 449 g/mol. The molecule has 2 aromatic rings. The zero-order valence-corrected chi connectivity index (χ0v) is 19.6. The van der Waals surface area contributed by atoms with Crippen molar-refractivity contribution in [2.75, 3.05) is 19.6 Å². The number of aliphatic imine (C=N–C) groups is 1. The van der Waals surface area contributed by atoms with Gasteiger partial charge in [-0.1, -0.05) is 18.6 Å². The minimum absolute atomic E-state index is 0.351. The van der Waals surface area contributed by atoms with Crippen LogP contribution < -0.4 is 10.6 Å². The topological polar surface area (TPSA) is 86.7 Å². The molecule has 2 N–H and O–H groups in total. The van der Waals surface area contributed by atoms with Crippen LogP contribution in [0, 0.1) is 13.8 Å². The summed E-state index contributed by atoms with van der Waals surface area (Å²) in [6.45, 7) is 9.05. The molecule has 0 aliphatic carbocycles. The summed E-state index contributed by atoms with van der Waals surface area (Å²) in [6, 6.07) is 7.12. The molecule has 1 fully saturated rings. The van der Waals surface area contributed by atoms with Crippen LogP contribution in [0.5, 0.6) is 0 Å². The van der Waals surface area contributed by atoms with Crippen LogP contribution in [0.4, 0.5) is 0 Å². The summed E-state index contributed by atoms with van der Waals surface area (Å²) in [7, 11) is -3.43. The highest BCUT2D eigenvalue weighted by Gasteiger charge is 2.25. The highest BCUT2D eigenvalue weighted by molar-refractivity contribution is 7.89. The minimum Gasteiger partial charge on any atom is -0.357 e. The van der Waals surface area contributed by atoms with Crippen LogP contribution in [0.1, 0.15) is 47.3 Å². The van der Waals surface area contributed by atoms with Gasteiger partial charge in [-0.2, -0.15) is 4.31 Å². The molecule has 0 spiro atoms. The molecule has 3 rings (SSSR count). The first-order valence-electron chi connectivity index (χ1n) is 10.4. The van der Waals surface area contributed by atoms with Crippen molar-refractivity contribution in [3.05, 3.63) is 45.4 Å². The lowest BCUT2D eigenvalue weighted by Crippen LogP contribution is -2.36. The fourth-order valence-corrected chi connectivity index (χ4v) is 5.81. The number of aromatic nitrogens is 1. The standard InChI is InChI=1S/C21H31N5O2S2/c1-4-22-21(24-15-20-25-16(2)17(3)29-20)23-14-18-9-8-10-19(13-18)30(27,28)26-11-6-5-7-12-26/h8-10,13H,4-7,11-12,14-15H2,1-3H3,(H2,22,23,24). The van der Waals surface area contributed by atoms with Gasteiger partial charge in [0, 0.05) is 24.5 Å². The first-order chi connectivity index (χ1) is 14.4. The van der Waals surface area contributed by atoms with Gasteiger partial charge in [0.2, 0.25) is 10.0 Å². The number of hydrogen-bond acceptors (Lipinski definition) is 5. The third-order valence-electron chi connectivity index (χ3n) is 5.10. The maximum Gasteiger partial charge on any atom is 0.243 e. The van der Waals surface area contributed by atoms with E-state index in [0.717, 1.165) is 42.1 Å². The van der Waals surface area contributed by atoms with Gasteiger partial charge >= 0.3 is 0 Å². The summed E-state index contributed by atoms with van der Waals surface area (Å²) in [5.41, 5.74) is 1.93. The third kappa shape index (κ3) is 5.80. The predicted octanol–water partition coefficient (Wildman–Crippen LogP) is 3.19. The van der Waals surface area contributed by atoms with E-state index in [1.54, 1.807) is 33.8 Å². The first-order valence-corrected chi connectivity index (χ1v) is 12.7. The molecular formula is C21H31N5O2S2. The van der Waals surface area contributed by atoms with E-state index in [0.29, 0.717) is 37.0 Å². The molecule has 164 valence electrons. The molecule has 9 heteroatoms. The quantitative estimate of drug-likeness (QED) is 0.501. The Morgan fingerprint density at radius 1 is 1.20 bits per heavy atom. The summed E-state index contributed by atoms with van der Waals surface area (Å²) in [5, 5.41) is 7.55. The third-order valence-corrected chi connectivity index (χ3v) is 8.06. The van der Waals surface area contributed by atoms with Gasteiger partial charge in [-0.3, -0.25) is 0 Å². The first kappa shape index (κ1) is 22.7. The second kappa shape index (κ2) is 10.4. The van der Waals surface area contributed by atoms with E-state index in [4.69, 9.17) is 0 Å². The molecule has 0 bridgehead atoms. The van der Waals surface area contributed by atoms with Crippen LogP contribution in [0.15, 0.2) is 34.2 Å². The van der Waals surface area contributed by atoms with Crippen LogP contribution in [0.25, 0.3) is 0 Å². The number of nitrogens with zero attached hydrogens (tertiary/aromatic N) is 3. The SMILES string of the molecule is CCNC(=NCc1cccc(S(=O)(=O)N2CCCCC2)c1)NCc1nc(C)c(C)s1. The van der Waals surface area contributed by atoms with Crippen molar-refractivity contribution < 1.29 is 8.42 Å². The lowest BCUT2D eigenvalue weighted by Gasteiger charge is -2.26. The van der Waals surface area contributed by atoms with Gasteiger partial charge in [0.05, 0.1) is 23.7 Å². The molecule has 0 unspecified atom stereocenters. The Kier molecular flexibility index (Phi) is 7.85. The second-order valence-electron chi connectivity index (χ2n) is 7.41. The molecule has 0 amide bonds. The number of nitrogens with one attached hydrogen (secondary N) is 2. The molecule has 1 aromatic heterocycles. The van der Waals surface area contributed by atoms with E-state index in [-0.39, 0.29) is 0 Å². The largest absolute Gasteiger partial charge is 0.357 e. The summed E-state index contributed by atoms with van der Waals surface area (Å²) in [5.74, 6) is 0.687. The zero-order chi connectivity index (χ0) is 21.6.